The maximum absolute atomic E-state index is 13.5. The van der Waals surface area contributed by atoms with Crippen molar-refractivity contribution in [2.24, 2.45) is 5.92 Å². The zero-order chi connectivity index (χ0) is 22.6. The molecule has 3 heterocycles. The van der Waals surface area contributed by atoms with Crippen molar-refractivity contribution in [2.45, 2.75) is 19.4 Å². The van der Waals surface area contributed by atoms with Gasteiger partial charge in [-0.15, -0.1) is 11.3 Å². The average Bonchev–Trinajstić information content (AvgIpc) is 3.29. The number of rotatable bonds is 7. The molecule has 1 fully saturated rings. The van der Waals surface area contributed by atoms with Crippen LogP contribution in [0.5, 0.6) is 5.75 Å². The maximum atomic E-state index is 13.5. The summed E-state index contributed by atoms with van der Waals surface area (Å²) in [7, 11) is 1.68. The highest BCUT2D eigenvalue weighted by molar-refractivity contribution is 7.17. The molecule has 0 aliphatic carbocycles. The van der Waals surface area contributed by atoms with Gasteiger partial charge in [0, 0.05) is 24.0 Å². The lowest BCUT2D eigenvalue weighted by molar-refractivity contribution is 0.182. The summed E-state index contributed by atoms with van der Waals surface area (Å²) in [5.41, 5.74) is 3.31. The summed E-state index contributed by atoms with van der Waals surface area (Å²) in [4.78, 5) is 12.5. The third kappa shape index (κ3) is 4.99. The minimum atomic E-state index is -0.162. The van der Waals surface area contributed by atoms with E-state index in [4.69, 9.17) is 4.74 Å². The van der Waals surface area contributed by atoms with E-state index in [1.165, 1.54) is 6.07 Å². The smallest absolute Gasteiger partial charge is 0.138 e. The van der Waals surface area contributed by atoms with Gasteiger partial charge in [-0.05, 0) is 67.2 Å². The van der Waals surface area contributed by atoms with E-state index in [0.717, 1.165) is 77.5 Å². The lowest BCUT2D eigenvalue weighted by atomic mass is 9.96. The van der Waals surface area contributed by atoms with E-state index >= 15 is 0 Å². The molecule has 2 aromatic carbocycles. The third-order valence-corrected chi connectivity index (χ3v) is 7.22. The highest BCUT2D eigenvalue weighted by Gasteiger charge is 2.20. The van der Waals surface area contributed by atoms with Gasteiger partial charge in [-0.3, -0.25) is 4.90 Å². The summed E-state index contributed by atoms with van der Waals surface area (Å²) in [6.07, 6.45) is 3.87. The topological polar surface area (TPSA) is 50.3 Å². The summed E-state index contributed by atoms with van der Waals surface area (Å²) < 4.78 is 18.8. The predicted octanol–water partition coefficient (Wildman–Crippen LogP) is 5.83. The number of ether oxygens (including phenoxy) is 1. The van der Waals surface area contributed by atoms with Crippen LogP contribution in [0.15, 0.2) is 60.2 Å². The van der Waals surface area contributed by atoms with Gasteiger partial charge in [-0.25, -0.2) is 14.4 Å². The van der Waals surface area contributed by atoms with Crippen LogP contribution < -0.4 is 10.1 Å². The van der Waals surface area contributed by atoms with E-state index in [9.17, 15) is 4.39 Å². The number of methoxy groups -OCH3 is 1. The number of piperidine rings is 1. The molecule has 1 aliphatic rings. The minimum absolute atomic E-state index is 0.162. The predicted molar refractivity (Wildman–Crippen MR) is 132 cm³/mol. The monoisotopic (exact) mass is 462 g/mol. The quantitative estimate of drug-likeness (QED) is 0.374. The second kappa shape index (κ2) is 9.85. The van der Waals surface area contributed by atoms with Crippen LogP contribution >= 0.6 is 11.3 Å². The lowest BCUT2D eigenvalue weighted by Crippen LogP contribution is -2.35. The van der Waals surface area contributed by atoms with Gasteiger partial charge in [0.05, 0.1) is 12.5 Å². The van der Waals surface area contributed by atoms with E-state index in [2.05, 4.69) is 37.7 Å². The van der Waals surface area contributed by atoms with Crippen LogP contribution in [0.2, 0.25) is 0 Å². The Morgan fingerprint density at radius 2 is 1.94 bits per heavy atom. The molecule has 5 rings (SSSR count). The molecule has 33 heavy (non-hydrogen) atoms. The van der Waals surface area contributed by atoms with Crippen molar-refractivity contribution < 1.29 is 9.13 Å². The lowest BCUT2D eigenvalue weighted by Gasteiger charge is -2.32. The molecule has 4 aromatic rings. The summed E-state index contributed by atoms with van der Waals surface area (Å²) in [5, 5.41) is 6.84. The fourth-order valence-electron chi connectivity index (χ4n) is 4.48. The van der Waals surface area contributed by atoms with Crippen LogP contribution in [0.25, 0.3) is 21.3 Å². The van der Waals surface area contributed by atoms with E-state index in [0.29, 0.717) is 5.92 Å². The Balaban J connectivity index is 1.23. The number of halogens is 1. The van der Waals surface area contributed by atoms with Crippen LogP contribution in [0, 0.1) is 11.7 Å². The van der Waals surface area contributed by atoms with E-state index in [1.54, 1.807) is 36.9 Å². The van der Waals surface area contributed by atoms with Gasteiger partial charge >= 0.3 is 0 Å². The summed E-state index contributed by atoms with van der Waals surface area (Å²) >= 11 is 1.64. The highest BCUT2D eigenvalue weighted by Crippen LogP contribution is 2.37. The van der Waals surface area contributed by atoms with Gasteiger partial charge in [0.25, 0.3) is 0 Å². The molecule has 0 unspecified atom stereocenters. The van der Waals surface area contributed by atoms with Crippen molar-refractivity contribution in [1.82, 2.24) is 14.9 Å². The van der Waals surface area contributed by atoms with Gasteiger partial charge in [0.1, 0.15) is 28.5 Å². The number of likely N-dealkylation sites (tertiary alicyclic amines) is 1. The molecule has 170 valence electrons. The van der Waals surface area contributed by atoms with Gasteiger partial charge in [-0.1, -0.05) is 24.3 Å². The largest absolute Gasteiger partial charge is 0.497 e. The molecule has 1 N–H and O–H groups in total. The van der Waals surface area contributed by atoms with Gasteiger partial charge in [-0.2, -0.15) is 0 Å². The van der Waals surface area contributed by atoms with E-state index < -0.39 is 0 Å². The summed E-state index contributed by atoms with van der Waals surface area (Å²) in [6, 6.07) is 15.0. The molecule has 0 bridgehead atoms. The van der Waals surface area contributed by atoms with E-state index in [1.807, 2.05) is 18.2 Å². The molecule has 0 saturated carbocycles. The first kappa shape index (κ1) is 21.8. The standard InChI is InChI=1S/C26H27FN4OS/c1-32-22-7-5-20(6-8-22)23-16-33-26-24(23)25(29-17-30-26)28-14-18-9-11-31(12-10-18)15-19-3-2-4-21(27)13-19/h2-8,13,16-18H,9-12,14-15H2,1H3,(H,28,29,30). The van der Waals surface area contributed by atoms with Crippen molar-refractivity contribution in [3.63, 3.8) is 0 Å². The molecule has 2 aromatic heterocycles. The molecule has 0 atom stereocenters. The first-order valence-electron chi connectivity index (χ1n) is 11.3. The first-order chi connectivity index (χ1) is 16.2. The first-order valence-corrected chi connectivity index (χ1v) is 12.1. The molecule has 0 amide bonds. The minimum Gasteiger partial charge on any atom is -0.497 e. The van der Waals surface area contributed by atoms with Crippen LogP contribution in [-0.2, 0) is 6.54 Å². The normalized spacial score (nSPS) is 15.1. The Morgan fingerprint density at radius 1 is 1.12 bits per heavy atom. The molecule has 0 radical (unpaired) electrons. The third-order valence-electron chi connectivity index (χ3n) is 6.33. The Morgan fingerprint density at radius 3 is 2.70 bits per heavy atom. The summed E-state index contributed by atoms with van der Waals surface area (Å²) in [5.74, 6) is 2.16. The van der Waals surface area contributed by atoms with Crippen molar-refractivity contribution in [3.8, 4) is 16.9 Å². The maximum Gasteiger partial charge on any atom is 0.138 e. The molecule has 1 aliphatic heterocycles. The number of nitrogens with zero attached hydrogens (tertiary/aromatic N) is 3. The zero-order valence-corrected chi connectivity index (χ0v) is 19.4. The van der Waals surface area contributed by atoms with Crippen LogP contribution in [0.4, 0.5) is 10.2 Å². The number of nitrogens with one attached hydrogen (secondary N) is 1. The Hall–Kier alpha value is -3.03. The number of benzene rings is 2. The molecule has 5 nitrogen and oxygen atoms in total. The Bertz CT molecular complexity index is 1220. The number of fused-ring (bicyclic) bond motifs is 1. The second-order valence-corrected chi connectivity index (χ2v) is 9.37. The molecular formula is C26H27FN4OS. The number of aromatic nitrogens is 2. The van der Waals surface area contributed by atoms with Gasteiger partial charge < -0.3 is 10.1 Å². The average molecular weight is 463 g/mol. The number of anilines is 1. The Kier molecular flexibility index (Phi) is 6.51. The van der Waals surface area contributed by atoms with Gasteiger partial charge in [0.2, 0.25) is 0 Å². The molecule has 7 heteroatoms. The molecular weight excluding hydrogens is 435 g/mol. The number of hydrogen-bond donors (Lipinski definition) is 1. The number of hydrogen-bond acceptors (Lipinski definition) is 6. The second-order valence-electron chi connectivity index (χ2n) is 8.51. The SMILES string of the molecule is COc1ccc(-c2csc3ncnc(NCC4CCN(Cc5cccc(F)c5)CC4)c23)cc1. The van der Waals surface area contributed by atoms with Crippen LogP contribution in [0.1, 0.15) is 18.4 Å². The van der Waals surface area contributed by atoms with Crippen LogP contribution in [-0.4, -0.2) is 41.6 Å². The van der Waals surface area contributed by atoms with E-state index in [-0.39, 0.29) is 5.82 Å². The van der Waals surface area contributed by atoms with Crippen molar-refractivity contribution >= 4 is 27.4 Å². The fourth-order valence-corrected chi connectivity index (χ4v) is 5.39. The van der Waals surface area contributed by atoms with Crippen LogP contribution in [0.3, 0.4) is 0 Å². The van der Waals surface area contributed by atoms with Crippen molar-refractivity contribution in [3.05, 3.63) is 71.6 Å². The molecule has 0 spiro atoms. The molecule has 1 saturated heterocycles. The fraction of sp³-hybridized carbons (Fsp3) is 0.308. The van der Waals surface area contributed by atoms with Gasteiger partial charge in [0.15, 0.2) is 0 Å². The zero-order valence-electron chi connectivity index (χ0n) is 18.6. The number of thiophene rings is 1. The highest BCUT2D eigenvalue weighted by atomic mass is 32.1. The summed E-state index contributed by atoms with van der Waals surface area (Å²) in [6.45, 7) is 3.75. The Labute approximate surface area is 197 Å². The van der Waals surface area contributed by atoms with Crippen molar-refractivity contribution in [2.75, 3.05) is 32.1 Å². The van der Waals surface area contributed by atoms with Crippen molar-refractivity contribution in [1.29, 1.82) is 0 Å².